The van der Waals surface area contributed by atoms with E-state index in [0.717, 1.165) is 10.0 Å². The van der Waals surface area contributed by atoms with Gasteiger partial charge in [-0.2, -0.15) is 0 Å². The summed E-state index contributed by atoms with van der Waals surface area (Å²) in [4.78, 5) is 14.6. The fraction of sp³-hybridized carbons (Fsp3) is 0.100. The van der Waals surface area contributed by atoms with Crippen LogP contribution < -0.4 is 0 Å². The number of hydrogen-bond acceptors (Lipinski definition) is 3. The molecule has 4 nitrogen and oxygen atoms in total. The van der Waals surface area contributed by atoms with Gasteiger partial charge in [0.1, 0.15) is 0 Å². The Morgan fingerprint density at radius 1 is 1.40 bits per heavy atom. The van der Waals surface area contributed by atoms with Gasteiger partial charge in [0.2, 0.25) is 0 Å². The van der Waals surface area contributed by atoms with Crippen molar-refractivity contribution in [2.24, 2.45) is 0 Å². The SMILES string of the molecule is Cc1ccnc2c(Br)ccc([N+](=O)[O-])c12. The maximum atomic E-state index is 10.8. The average Bonchev–Trinajstić information content (AvgIpc) is 2.19. The smallest absolute Gasteiger partial charge is 0.258 e. The molecule has 2 rings (SSSR count). The Labute approximate surface area is 94.2 Å². The summed E-state index contributed by atoms with van der Waals surface area (Å²) >= 11 is 3.33. The van der Waals surface area contributed by atoms with Crippen molar-refractivity contribution in [2.45, 2.75) is 6.92 Å². The fourth-order valence-corrected chi connectivity index (χ4v) is 1.96. The van der Waals surface area contributed by atoms with E-state index in [0.29, 0.717) is 10.9 Å². The van der Waals surface area contributed by atoms with Crippen LogP contribution in [0.5, 0.6) is 0 Å². The van der Waals surface area contributed by atoms with Crippen molar-refractivity contribution >= 4 is 32.5 Å². The molecule has 2 aromatic rings. The third kappa shape index (κ3) is 1.59. The molecular formula is C10H7BrN2O2. The van der Waals surface area contributed by atoms with Gasteiger partial charge in [0.05, 0.1) is 15.8 Å². The Hall–Kier alpha value is -1.49. The number of aromatic nitrogens is 1. The first-order chi connectivity index (χ1) is 7.11. The largest absolute Gasteiger partial charge is 0.279 e. The Balaban J connectivity index is 2.96. The van der Waals surface area contributed by atoms with E-state index < -0.39 is 0 Å². The number of pyridine rings is 1. The van der Waals surface area contributed by atoms with Crippen molar-refractivity contribution in [1.82, 2.24) is 4.98 Å². The first kappa shape index (κ1) is 10.0. The van der Waals surface area contributed by atoms with Crippen molar-refractivity contribution in [2.75, 3.05) is 0 Å². The average molecular weight is 267 g/mol. The molecule has 0 fully saturated rings. The predicted molar refractivity (Wildman–Crippen MR) is 60.8 cm³/mol. The quantitative estimate of drug-likeness (QED) is 0.588. The van der Waals surface area contributed by atoms with E-state index in [9.17, 15) is 10.1 Å². The van der Waals surface area contributed by atoms with Gasteiger partial charge in [0.25, 0.3) is 5.69 Å². The molecule has 0 unspecified atom stereocenters. The van der Waals surface area contributed by atoms with Crippen molar-refractivity contribution in [3.8, 4) is 0 Å². The zero-order chi connectivity index (χ0) is 11.0. The van der Waals surface area contributed by atoms with Gasteiger partial charge in [-0.05, 0) is 40.5 Å². The first-order valence-electron chi connectivity index (χ1n) is 4.29. The number of benzene rings is 1. The monoisotopic (exact) mass is 266 g/mol. The summed E-state index contributed by atoms with van der Waals surface area (Å²) in [5.41, 5.74) is 1.58. The second-order valence-electron chi connectivity index (χ2n) is 3.18. The van der Waals surface area contributed by atoms with Gasteiger partial charge in [-0.25, -0.2) is 0 Å². The van der Waals surface area contributed by atoms with Gasteiger partial charge in [-0.3, -0.25) is 15.1 Å². The molecular weight excluding hydrogens is 260 g/mol. The molecule has 0 atom stereocenters. The summed E-state index contributed by atoms with van der Waals surface area (Å²) in [5, 5.41) is 11.4. The van der Waals surface area contributed by atoms with Crippen LogP contribution in [0.2, 0.25) is 0 Å². The fourth-order valence-electron chi connectivity index (χ4n) is 1.53. The molecule has 76 valence electrons. The van der Waals surface area contributed by atoms with Crippen LogP contribution in [0.25, 0.3) is 10.9 Å². The Morgan fingerprint density at radius 2 is 2.13 bits per heavy atom. The lowest BCUT2D eigenvalue weighted by molar-refractivity contribution is -0.383. The molecule has 0 aliphatic carbocycles. The van der Waals surface area contributed by atoms with E-state index in [1.165, 1.54) is 6.07 Å². The van der Waals surface area contributed by atoms with Gasteiger partial charge >= 0.3 is 0 Å². The lowest BCUT2D eigenvalue weighted by Crippen LogP contribution is -1.93. The van der Waals surface area contributed by atoms with Gasteiger partial charge in [-0.1, -0.05) is 0 Å². The number of nitrogens with zero attached hydrogens (tertiary/aromatic N) is 2. The number of nitro groups is 1. The van der Waals surface area contributed by atoms with E-state index in [2.05, 4.69) is 20.9 Å². The summed E-state index contributed by atoms with van der Waals surface area (Å²) in [6.45, 7) is 1.84. The van der Waals surface area contributed by atoms with Crippen molar-refractivity contribution in [1.29, 1.82) is 0 Å². The molecule has 0 N–H and O–H groups in total. The van der Waals surface area contributed by atoms with Crippen molar-refractivity contribution in [3.63, 3.8) is 0 Å². The molecule has 0 saturated carbocycles. The standard InChI is InChI=1S/C10H7BrN2O2/c1-6-4-5-12-10-7(11)2-3-8(9(6)10)13(14)15/h2-5H,1H3. The van der Waals surface area contributed by atoms with Crippen LogP contribution in [-0.2, 0) is 0 Å². The summed E-state index contributed by atoms with van der Waals surface area (Å²) in [6.07, 6.45) is 1.64. The Bertz CT molecular complexity index is 554. The highest BCUT2D eigenvalue weighted by molar-refractivity contribution is 9.10. The lowest BCUT2D eigenvalue weighted by Gasteiger charge is -2.03. The maximum absolute atomic E-state index is 10.8. The molecule has 0 saturated heterocycles. The van der Waals surface area contributed by atoms with Gasteiger partial charge in [0.15, 0.2) is 0 Å². The third-order valence-electron chi connectivity index (χ3n) is 2.23. The van der Waals surface area contributed by atoms with Gasteiger partial charge < -0.3 is 0 Å². The number of aryl methyl sites for hydroxylation is 1. The second kappa shape index (κ2) is 3.58. The van der Waals surface area contributed by atoms with E-state index in [-0.39, 0.29) is 10.6 Å². The molecule has 1 aromatic heterocycles. The first-order valence-corrected chi connectivity index (χ1v) is 5.09. The van der Waals surface area contributed by atoms with E-state index in [1.807, 2.05) is 6.92 Å². The van der Waals surface area contributed by atoms with E-state index >= 15 is 0 Å². The number of hydrogen-bond donors (Lipinski definition) is 0. The minimum absolute atomic E-state index is 0.0961. The number of nitro benzene ring substituents is 1. The van der Waals surface area contributed by atoms with E-state index in [1.54, 1.807) is 18.3 Å². The molecule has 0 radical (unpaired) electrons. The van der Waals surface area contributed by atoms with Gasteiger partial charge in [-0.15, -0.1) is 0 Å². The predicted octanol–water partition coefficient (Wildman–Crippen LogP) is 3.21. The molecule has 0 bridgehead atoms. The van der Waals surface area contributed by atoms with Crippen LogP contribution in [0, 0.1) is 17.0 Å². The topological polar surface area (TPSA) is 56.0 Å². The highest BCUT2D eigenvalue weighted by Gasteiger charge is 2.15. The summed E-state index contributed by atoms with van der Waals surface area (Å²) in [5.74, 6) is 0. The molecule has 0 aliphatic heterocycles. The molecule has 0 aliphatic rings. The minimum Gasteiger partial charge on any atom is -0.258 e. The van der Waals surface area contributed by atoms with Crippen molar-refractivity contribution < 1.29 is 4.92 Å². The summed E-state index contributed by atoms with van der Waals surface area (Å²) in [6, 6.07) is 4.90. The minimum atomic E-state index is -0.385. The maximum Gasteiger partial charge on any atom is 0.279 e. The number of non-ortho nitro benzene ring substituents is 1. The van der Waals surface area contributed by atoms with Crippen LogP contribution >= 0.6 is 15.9 Å². The second-order valence-corrected chi connectivity index (χ2v) is 4.03. The zero-order valence-electron chi connectivity index (χ0n) is 7.90. The van der Waals surface area contributed by atoms with Crippen LogP contribution in [0.3, 0.4) is 0 Å². The molecule has 0 spiro atoms. The molecule has 1 aromatic carbocycles. The zero-order valence-corrected chi connectivity index (χ0v) is 9.48. The summed E-state index contributed by atoms with van der Waals surface area (Å²) in [7, 11) is 0. The van der Waals surface area contributed by atoms with Crippen LogP contribution in [0.15, 0.2) is 28.9 Å². The highest BCUT2D eigenvalue weighted by Crippen LogP contribution is 2.31. The van der Waals surface area contributed by atoms with Crippen LogP contribution in [0.4, 0.5) is 5.69 Å². The molecule has 5 heteroatoms. The van der Waals surface area contributed by atoms with Crippen LogP contribution in [0.1, 0.15) is 5.56 Å². The number of rotatable bonds is 1. The van der Waals surface area contributed by atoms with E-state index in [4.69, 9.17) is 0 Å². The molecule has 0 amide bonds. The van der Waals surface area contributed by atoms with Gasteiger partial charge in [0, 0.05) is 16.7 Å². The van der Waals surface area contributed by atoms with Crippen LogP contribution in [-0.4, -0.2) is 9.91 Å². The Kier molecular flexibility index (Phi) is 2.40. The molecule has 1 heterocycles. The summed E-state index contributed by atoms with van der Waals surface area (Å²) < 4.78 is 0.770. The third-order valence-corrected chi connectivity index (χ3v) is 2.87. The van der Waals surface area contributed by atoms with Crippen molar-refractivity contribution in [3.05, 3.63) is 44.5 Å². The molecule has 15 heavy (non-hydrogen) atoms. The normalized spacial score (nSPS) is 10.5. The number of halogens is 1. The Morgan fingerprint density at radius 3 is 2.80 bits per heavy atom. The number of fused-ring (bicyclic) bond motifs is 1. The lowest BCUT2D eigenvalue weighted by atomic mass is 10.1. The highest BCUT2D eigenvalue weighted by atomic mass is 79.9.